The van der Waals surface area contributed by atoms with Crippen molar-refractivity contribution in [3.05, 3.63) is 32.9 Å². The number of carbonyl (C=O) groups excluding carboxylic acids is 1. The molecule has 1 unspecified atom stereocenters. The molecule has 0 spiro atoms. The van der Waals surface area contributed by atoms with E-state index in [-0.39, 0.29) is 6.61 Å². The highest BCUT2D eigenvalue weighted by Crippen LogP contribution is 2.15. The number of carbonyl (C=O) groups is 2. The number of hydrogen-bond donors (Lipinski definition) is 2. The lowest BCUT2D eigenvalue weighted by molar-refractivity contribution is -0.140. The van der Waals surface area contributed by atoms with Crippen LogP contribution in [0.3, 0.4) is 0 Å². The molecule has 0 radical (unpaired) electrons. The van der Waals surface area contributed by atoms with Gasteiger partial charge in [-0.15, -0.1) is 0 Å². The molecular formula is C12H14INO4. The minimum absolute atomic E-state index is 0.0654. The molecule has 5 nitrogen and oxygen atoms in total. The van der Waals surface area contributed by atoms with Gasteiger partial charge < -0.3 is 15.2 Å². The van der Waals surface area contributed by atoms with Gasteiger partial charge in [0.25, 0.3) is 5.91 Å². The number of methoxy groups -OCH3 is 1. The van der Waals surface area contributed by atoms with Crippen LogP contribution >= 0.6 is 22.6 Å². The summed E-state index contributed by atoms with van der Waals surface area (Å²) in [6.45, 7) is 1.76. The van der Waals surface area contributed by atoms with Crippen molar-refractivity contribution in [1.29, 1.82) is 0 Å². The third-order valence-corrected chi connectivity index (χ3v) is 3.62. The van der Waals surface area contributed by atoms with Crippen molar-refractivity contribution in [2.45, 2.75) is 13.0 Å². The Hall–Kier alpha value is -1.15. The van der Waals surface area contributed by atoms with Gasteiger partial charge in [0.2, 0.25) is 0 Å². The van der Waals surface area contributed by atoms with E-state index in [4.69, 9.17) is 9.84 Å². The van der Waals surface area contributed by atoms with E-state index in [1.807, 2.05) is 13.0 Å². The van der Waals surface area contributed by atoms with Crippen LogP contribution in [0.1, 0.15) is 15.9 Å². The molecule has 2 N–H and O–H groups in total. The Morgan fingerprint density at radius 2 is 2.17 bits per heavy atom. The molecule has 0 aliphatic rings. The molecule has 0 fully saturated rings. The summed E-state index contributed by atoms with van der Waals surface area (Å²) in [5.41, 5.74) is 1.31. The number of amides is 1. The monoisotopic (exact) mass is 363 g/mol. The first-order valence-electron chi connectivity index (χ1n) is 5.25. The second-order valence-electron chi connectivity index (χ2n) is 3.73. The smallest absolute Gasteiger partial charge is 0.328 e. The predicted octanol–water partition coefficient (Wildman–Crippen LogP) is 1.43. The van der Waals surface area contributed by atoms with Crippen LogP contribution in [0.4, 0.5) is 0 Å². The summed E-state index contributed by atoms with van der Waals surface area (Å²) in [5.74, 6) is -1.52. The summed E-state index contributed by atoms with van der Waals surface area (Å²) >= 11 is 2.13. The Balaban J connectivity index is 2.87. The van der Waals surface area contributed by atoms with E-state index < -0.39 is 17.9 Å². The fourth-order valence-corrected chi connectivity index (χ4v) is 1.93. The third kappa shape index (κ3) is 3.67. The maximum Gasteiger partial charge on any atom is 0.328 e. The molecule has 1 atom stereocenters. The average Bonchev–Trinajstić information content (AvgIpc) is 2.31. The van der Waals surface area contributed by atoms with Gasteiger partial charge >= 0.3 is 5.97 Å². The topological polar surface area (TPSA) is 75.6 Å². The van der Waals surface area contributed by atoms with Gasteiger partial charge in [-0.25, -0.2) is 4.79 Å². The van der Waals surface area contributed by atoms with Crippen molar-refractivity contribution in [2.75, 3.05) is 13.7 Å². The van der Waals surface area contributed by atoms with E-state index in [1.54, 1.807) is 12.1 Å². The summed E-state index contributed by atoms with van der Waals surface area (Å²) in [4.78, 5) is 22.9. The van der Waals surface area contributed by atoms with E-state index in [1.165, 1.54) is 7.11 Å². The molecule has 1 aromatic rings. The zero-order valence-electron chi connectivity index (χ0n) is 10.1. The molecule has 0 heterocycles. The molecule has 0 aliphatic carbocycles. The van der Waals surface area contributed by atoms with Gasteiger partial charge in [-0.2, -0.15) is 0 Å². The fourth-order valence-electron chi connectivity index (χ4n) is 1.43. The zero-order valence-corrected chi connectivity index (χ0v) is 12.2. The highest BCUT2D eigenvalue weighted by atomic mass is 127. The van der Waals surface area contributed by atoms with Crippen LogP contribution < -0.4 is 5.32 Å². The highest BCUT2D eigenvalue weighted by Gasteiger charge is 2.21. The number of ether oxygens (including phenoxy) is 1. The van der Waals surface area contributed by atoms with Gasteiger partial charge in [-0.3, -0.25) is 4.79 Å². The molecule has 0 aliphatic heterocycles. The summed E-state index contributed by atoms with van der Waals surface area (Å²) in [7, 11) is 1.39. The van der Waals surface area contributed by atoms with E-state index >= 15 is 0 Å². The first kappa shape index (κ1) is 14.9. The Morgan fingerprint density at radius 1 is 1.50 bits per heavy atom. The normalized spacial score (nSPS) is 11.9. The zero-order chi connectivity index (χ0) is 13.7. The van der Waals surface area contributed by atoms with Crippen molar-refractivity contribution in [2.24, 2.45) is 0 Å². The Kier molecular flexibility index (Phi) is 5.54. The minimum atomic E-state index is -1.12. The number of benzene rings is 1. The molecule has 1 aromatic carbocycles. The molecule has 0 bridgehead atoms. The number of carboxylic acids is 1. The maximum atomic E-state index is 12.0. The van der Waals surface area contributed by atoms with Crippen LogP contribution in [0.15, 0.2) is 18.2 Å². The molecule has 6 heteroatoms. The van der Waals surface area contributed by atoms with Crippen LogP contribution in [0, 0.1) is 10.5 Å². The number of rotatable bonds is 5. The summed E-state index contributed by atoms with van der Waals surface area (Å²) in [6.07, 6.45) is 0. The van der Waals surface area contributed by atoms with Gasteiger partial charge in [-0.1, -0.05) is 6.07 Å². The molecule has 0 saturated heterocycles. The van der Waals surface area contributed by atoms with Crippen molar-refractivity contribution < 1.29 is 19.4 Å². The summed E-state index contributed by atoms with van der Waals surface area (Å²) < 4.78 is 5.72. The minimum Gasteiger partial charge on any atom is -0.480 e. The van der Waals surface area contributed by atoms with Gasteiger partial charge in [0, 0.05) is 16.2 Å². The summed E-state index contributed by atoms with van der Waals surface area (Å²) in [5, 5.41) is 11.4. The molecule has 0 saturated carbocycles. The number of hydrogen-bond acceptors (Lipinski definition) is 3. The first-order chi connectivity index (χ1) is 8.47. The number of halogens is 1. The lowest BCUT2D eigenvalue weighted by atomic mass is 10.1. The average molecular weight is 363 g/mol. The van der Waals surface area contributed by atoms with Crippen LogP contribution in [-0.4, -0.2) is 36.7 Å². The SMILES string of the molecule is COCC(NC(=O)c1cccc(I)c1C)C(=O)O. The molecule has 98 valence electrons. The lowest BCUT2D eigenvalue weighted by Crippen LogP contribution is -2.44. The predicted molar refractivity (Wildman–Crippen MR) is 74.7 cm³/mol. The molecule has 1 amide bonds. The van der Waals surface area contributed by atoms with Crippen molar-refractivity contribution in [1.82, 2.24) is 5.32 Å². The number of aliphatic carboxylic acids is 1. The first-order valence-corrected chi connectivity index (χ1v) is 6.33. The maximum absolute atomic E-state index is 12.0. The second-order valence-corrected chi connectivity index (χ2v) is 4.89. The van der Waals surface area contributed by atoms with E-state index in [2.05, 4.69) is 27.9 Å². The number of nitrogens with one attached hydrogen (secondary N) is 1. The molecular weight excluding hydrogens is 349 g/mol. The Morgan fingerprint density at radius 3 is 2.72 bits per heavy atom. The molecule has 18 heavy (non-hydrogen) atoms. The van der Waals surface area contributed by atoms with Crippen LogP contribution in [0.2, 0.25) is 0 Å². The highest BCUT2D eigenvalue weighted by molar-refractivity contribution is 14.1. The summed E-state index contributed by atoms with van der Waals surface area (Å²) in [6, 6.07) is 4.27. The van der Waals surface area contributed by atoms with Crippen molar-refractivity contribution in [3.63, 3.8) is 0 Å². The molecule has 0 aromatic heterocycles. The van der Waals surface area contributed by atoms with Crippen molar-refractivity contribution >= 4 is 34.5 Å². The van der Waals surface area contributed by atoms with E-state index in [0.29, 0.717) is 5.56 Å². The van der Waals surface area contributed by atoms with Crippen LogP contribution in [-0.2, 0) is 9.53 Å². The van der Waals surface area contributed by atoms with Crippen LogP contribution in [0.25, 0.3) is 0 Å². The standard InChI is InChI=1S/C12H14INO4/c1-7-8(4-3-5-9(7)13)11(15)14-10(6-18-2)12(16)17/h3-5,10H,6H2,1-2H3,(H,14,15)(H,16,17). The number of carboxylic acid groups (broad SMARTS) is 1. The van der Waals surface area contributed by atoms with Gasteiger partial charge in [0.15, 0.2) is 6.04 Å². The quantitative estimate of drug-likeness (QED) is 0.777. The lowest BCUT2D eigenvalue weighted by Gasteiger charge is -2.14. The fraction of sp³-hybridized carbons (Fsp3) is 0.333. The molecule has 1 rings (SSSR count). The largest absolute Gasteiger partial charge is 0.480 e. The Bertz CT molecular complexity index is 461. The van der Waals surface area contributed by atoms with Crippen molar-refractivity contribution in [3.8, 4) is 0 Å². The van der Waals surface area contributed by atoms with Gasteiger partial charge in [-0.05, 0) is 47.2 Å². The van der Waals surface area contributed by atoms with Gasteiger partial charge in [0.05, 0.1) is 6.61 Å². The van der Waals surface area contributed by atoms with Crippen LogP contribution in [0.5, 0.6) is 0 Å². The Labute approximate surface area is 119 Å². The third-order valence-electron chi connectivity index (χ3n) is 2.45. The van der Waals surface area contributed by atoms with Gasteiger partial charge in [0.1, 0.15) is 0 Å². The van der Waals surface area contributed by atoms with E-state index in [9.17, 15) is 9.59 Å². The van der Waals surface area contributed by atoms with E-state index in [0.717, 1.165) is 9.13 Å². The second kappa shape index (κ2) is 6.69.